The summed E-state index contributed by atoms with van der Waals surface area (Å²) in [7, 11) is 0. The minimum absolute atomic E-state index is 0.235. The van der Waals surface area contributed by atoms with Crippen LogP contribution in [0.2, 0.25) is 0 Å². The summed E-state index contributed by atoms with van der Waals surface area (Å²) in [6.07, 6.45) is 1.11. The lowest BCUT2D eigenvalue weighted by atomic mass is 10.2. The molecule has 0 radical (unpaired) electrons. The fraction of sp³-hybridized carbons (Fsp3) is 0.0952. The van der Waals surface area contributed by atoms with Crippen LogP contribution in [0.1, 0.15) is 5.56 Å². The van der Waals surface area contributed by atoms with Crippen molar-refractivity contribution in [2.45, 2.75) is 6.42 Å². The summed E-state index contributed by atoms with van der Waals surface area (Å²) in [5, 5.41) is 0. The molecular formula is C21H17NO3. The molecule has 3 aromatic carbocycles. The monoisotopic (exact) mass is 331 g/mol. The van der Waals surface area contributed by atoms with Crippen molar-refractivity contribution in [1.29, 1.82) is 0 Å². The van der Waals surface area contributed by atoms with Gasteiger partial charge in [0.2, 0.25) is 0 Å². The molecule has 0 amide bonds. The molecule has 0 atom stereocenters. The molecule has 4 nitrogen and oxygen atoms in total. The Kier molecular flexibility index (Phi) is 4.33. The zero-order valence-electron chi connectivity index (χ0n) is 13.6. The summed E-state index contributed by atoms with van der Waals surface area (Å²) in [5.41, 5.74) is 2.75. The Morgan fingerprint density at radius 2 is 1.48 bits per heavy atom. The van der Waals surface area contributed by atoms with Crippen LogP contribution in [0.5, 0.6) is 17.6 Å². The minimum atomic E-state index is 0.235. The molecule has 0 fully saturated rings. The number of rotatable bonds is 6. The maximum Gasteiger partial charge on any atom is 0.400 e. The Morgan fingerprint density at radius 1 is 0.760 bits per heavy atom. The highest BCUT2D eigenvalue weighted by Crippen LogP contribution is 2.26. The highest BCUT2D eigenvalue weighted by Gasteiger charge is 2.07. The molecule has 124 valence electrons. The molecule has 0 bridgehead atoms. The highest BCUT2D eigenvalue weighted by atomic mass is 16.6. The number of hydrogen-bond acceptors (Lipinski definition) is 4. The number of hydrogen-bond donors (Lipinski definition) is 0. The lowest BCUT2D eigenvalue weighted by molar-refractivity contribution is 0.319. The van der Waals surface area contributed by atoms with Crippen LogP contribution in [0.25, 0.3) is 11.1 Å². The second-order valence-electron chi connectivity index (χ2n) is 5.61. The Morgan fingerprint density at radius 3 is 2.28 bits per heavy atom. The number of fused-ring (bicyclic) bond motifs is 1. The van der Waals surface area contributed by atoms with Gasteiger partial charge in [0.05, 0.1) is 6.61 Å². The number of ether oxygens (including phenoxy) is 2. The van der Waals surface area contributed by atoms with Crippen LogP contribution >= 0.6 is 0 Å². The van der Waals surface area contributed by atoms with E-state index in [2.05, 4.69) is 17.1 Å². The van der Waals surface area contributed by atoms with E-state index in [0.29, 0.717) is 17.9 Å². The van der Waals surface area contributed by atoms with Gasteiger partial charge in [0.25, 0.3) is 0 Å². The van der Waals surface area contributed by atoms with Crippen molar-refractivity contribution in [3.8, 4) is 17.6 Å². The molecule has 0 saturated carbocycles. The summed E-state index contributed by atoms with van der Waals surface area (Å²) >= 11 is 0. The highest BCUT2D eigenvalue weighted by molar-refractivity contribution is 5.72. The molecule has 0 spiro atoms. The number of aromatic nitrogens is 1. The quantitative estimate of drug-likeness (QED) is 0.484. The Bertz CT molecular complexity index is 913. The van der Waals surface area contributed by atoms with Gasteiger partial charge in [-0.15, -0.1) is 0 Å². The molecule has 25 heavy (non-hydrogen) atoms. The van der Waals surface area contributed by atoms with E-state index >= 15 is 0 Å². The second kappa shape index (κ2) is 7.09. The van der Waals surface area contributed by atoms with E-state index < -0.39 is 0 Å². The molecule has 0 aliphatic heterocycles. The Balaban J connectivity index is 1.35. The van der Waals surface area contributed by atoms with E-state index in [1.807, 2.05) is 66.7 Å². The van der Waals surface area contributed by atoms with E-state index in [4.69, 9.17) is 13.9 Å². The fourth-order valence-corrected chi connectivity index (χ4v) is 2.53. The van der Waals surface area contributed by atoms with Crippen molar-refractivity contribution in [2.75, 3.05) is 6.61 Å². The molecule has 0 aliphatic carbocycles. The third kappa shape index (κ3) is 3.80. The molecule has 1 heterocycles. The Labute approximate surface area is 145 Å². The normalized spacial score (nSPS) is 10.7. The maximum absolute atomic E-state index is 5.77. The molecule has 0 unspecified atom stereocenters. The topological polar surface area (TPSA) is 44.5 Å². The molecule has 4 aromatic rings. The first-order chi connectivity index (χ1) is 12.4. The van der Waals surface area contributed by atoms with E-state index in [1.165, 1.54) is 5.56 Å². The third-order valence-electron chi connectivity index (χ3n) is 3.81. The van der Waals surface area contributed by atoms with Gasteiger partial charge in [0.1, 0.15) is 17.0 Å². The molecule has 4 heteroatoms. The zero-order valence-corrected chi connectivity index (χ0v) is 13.6. The summed E-state index contributed by atoms with van der Waals surface area (Å²) < 4.78 is 17.0. The first-order valence-electron chi connectivity index (χ1n) is 8.17. The lowest BCUT2D eigenvalue weighted by Gasteiger charge is -2.07. The van der Waals surface area contributed by atoms with Crippen LogP contribution in [0.4, 0.5) is 0 Å². The van der Waals surface area contributed by atoms with E-state index in [9.17, 15) is 0 Å². The summed E-state index contributed by atoms with van der Waals surface area (Å²) in [6.45, 7) is 0.634. The number of benzene rings is 3. The SMILES string of the molecule is c1ccc(CCOc2ccc(Oc3nc4ccccc4o3)cc2)cc1. The summed E-state index contributed by atoms with van der Waals surface area (Å²) in [5.74, 6) is 1.46. The number of nitrogens with zero attached hydrogens (tertiary/aromatic N) is 1. The van der Waals surface area contributed by atoms with Gasteiger partial charge < -0.3 is 13.9 Å². The average molecular weight is 331 g/mol. The van der Waals surface area contributed by atoms with Gasteiger partial charge in [-0.2, -0.15) is 4.98 Å². The third-order valence-corrected chi connectivity index (χ3v) is 3.81. The van der Waals surface area contributed by atoms with Gasteiger partial charge in [-0.3, -0.25) is 0 Å². The zero-order chi connectivity index (χ0) is 16.9. The Hall–Kier alpha value is -3.27. The van der Waals surface area contributed by atoms with Gasteiger partial charge >= 0.3 is 6.08 Å². The van der Waals surface area contributed by atoms with Crippen molar-refractivity contribution in [1.82, 2.24) is 4.98 Å². The van der Waals surface area contributed by atoms with Crippen LogP contribution in [0, 0.1) is 0 Å². The molecule has 4 rings (SSSR count). The molecule has 0 aliphatic rings. The number of para-hydroxylation sites is 2. The molecule has 0 N–H and O–H groups in total. The van der Waals surface area contributed by atoms with Crippen LogP contribution in [0.15, 0.2) is 83.3 Å². The van der Waals surface area contributed by atoms with Crippen molar-refractivity contribution in [3.05, 3.63) is 84.4 Å². The minimum Gasteiger partial charge on any atom is -0.493 e. The predicted octanol–water partition coefficient (Wildman–Crippen LogP) is 5.24. The standard InChI is InChI=1S/C21H17NO3/c1-2-6-16(7-3-1)14-15-23-17-10-12-18(13-11-17)24-21-22-19-8-4-5-9-20(19)25-21/h1-13H,14-15H2. The number of oxazole rings is 1. The summed E-state index contributed by atoms with van der Waals surface area (Å²) in [4.78, 5) is 4.29. The van der Waals surface area contributed by atoms with E-state index in [1.54, 1.807) is 0 Å². The smallest absolute Gasteiger partial charge is 0.400 e. The van der Waals surface area contributed by atoms with Gasteiger partial charge in [-0.1, -0.05) is 42.5 Å². The average Bonchev–Trinajstić information content (AvgIpc) is 3.06. The predicted molar refractivity (Wildman–Crippen MR) is 96.2 cm³/mol. The first-order valence-corrected chi connectivity index (χ1v) is 8.17. The van der Waals surface area contributed by atoms with Gasteiger partial charge in [-0.05, 0) is 42.0 Å². The summed E-state index contributed by atoms with van der Waals surface area (Å²) in [6, 6.07) is 25.3. The molecule has 0 saturated heterocycles. The van der Waals surface area contributed by atoms with Crippen molar-refractivity contribution in [3.63, 3.8) is 0 Å². The van der Waals surface area contributed by atoms with Crippen molar-refractivity contribution < 1.29 is 13.9 Å². The van der Waals surface area contributed by atoms with Gasteiger partial charge in [0.15, 0.2) is 5.58 Å². The van der Waals surface area contributed by atoms with E-state index in [0.717, 1.165) is 17.7 Å². The van der Waals surface area contributed by atoms with Crippen molar-refractivity contribution >= 4 is 11.1 Å². The van der Waals surface area contributed by atoms with Crippen LogP contribution in [-0.2, 0) is 6.42 Å². The molecule has 1 aromatic heterocycles. The van der Waals surface area contributed by atoms with Crippen LogP contribution in [-0.4, -0.2) is 11.6 Å². The van der Waals surface area contributed by atoms with Gasteiger partial charge in [0, 0.05) is 6.42 Å². The van der Waals surface area contributed by atoms with E-state index in [-0.39, 0.29) is 6.08 Å². The lowest BCUT2D eigenvalue weighted by Crippen LogP contribution is -2.01. The van der Waals surface area contributed by atoms with Crippen LogP contribution < -0.4 is 9.47 Å². The first kappa shape index (κ1) is 15.3. The van der Waals surface area contributed by atoms with Crippen molar-refractivity contribution in [2.24, 2.45) is 0 Å². The van der Waals surface area contributed by atoms with Crippen LogP contribution in [0.3, 0.4) is 0 Å². The maximum atomic E-state index is 5.77. The molecular weight excluding hydrogens is 314 g/mol. The van der Waals surface area contributed by atoms with Gasteiger partial charge in [-0.25, -0.2) is 0 Å². The second-order valence-corrected chi connectivity index (χ2v) is 5.61. The fourth-order valence-electron chi connectivity index (χ4n) is 2.53. The largest absolute Gasteiger partial charge is 0.493 e.